The highest BCUT2D eigenvalue weighted by Crippen LogP contribution is 2.27. The van der Waals surface area contributed by atoms with Crippen LogP contribution in [0.3, 0.4) is 0 Å². The third kappa shape index (κ3) is 5.09. The molecule has 25 heavy (non-hydrogen) atoms. The van der Waals surface area contributed by atoms with Crippen LogP contribution in [0.1, 0.15) is 54.4 Å². The molecule has 3 nitrogen and oxygen atoms in total. The third-order valence-corrected chi connectivity index (χ3v) is 5.03. The molecule has 3 heteroatoms. The molecule has 0 aliphatic heterocycles. The van der Waals surface area contributed by atoms with Gasteiger partial charge >= 0.3 is 5.97 Å². The first-order valence-electron chi connectivity index (χ1n) is 9.20. The molecule has 0 spiro atoms. The Morgan fingerprint density at radius 3 is 2.20 bits per heavy atom. The van der Waals surface area contributed by atoms with Crippen molar-refractivity contribution in [3.63, 3.8) is 0 Å². The number of hydrogen-bond donors (Lipinski definition) is 0. The molecule has 0 saturated heterocycles. The minimum atomic E-state index is -0.349. The van der Waals surface area contributed by atoms with Gasteiger partial charge < -0.3 is 9.47 Å². The smallest absolute Gasteiger partial charge is 0.343 e. The van der Waals surface area contributed by atoms with Gasteiger partial charge in [-0.3, -0.25) is 0 Å². The molecule has 132 valence electrons. The van der Waals surface area contributed by atoms with Crippen LogP contribution in [0.5, 0.6) is 11.5 Å². The van der Waals surface area contributed by atoms with E-state index in [0.29, 0.717) is 11.3 Å². The van der Waals surface area contributed by atoms with Gasteiger partial charge in [-0.25, -0.2) is 4.79 Å². The SMILES string of the molecule is COc1ccc(C(=O)Oc2ccc(CCC3CCCCC3)cc2)cc1. The summed E-state index contributed by atoms with van der Waals surface area (Å²) in [5.74, 6) is 1.85. The number of carbonyl (C=O) groups is 1. The third-order valence-electron chi connectivity index (χ3n) is 5.03. The van der Waals surface area contributed by atoms with Crippen molar-refractivity contribution in [2.75, 3.05) is 7.11 Å². The summed E-state index contributed by atoms with van der Waals surface area (Å²) < 4.78 is 10.5. The number of aryl methyl sites for hydroxylation is 1. The average molecular weight is 338 g/mol. The average Bonchev–Trinajstić information content (AvgIpc) is 2.68. The van der Waals surface area contributed by atoms with Gasteiger partial charge in [0.25, 0.3) is 0 Å². The van der Waals surface area contributed by atoms with Gasteiger partial charge in [0.15, 0.2) is 0 Å². The standard InChI is InChI=1S/C22H26O3/c1-24-20-15-11-19(12-16-20)22(23)25-21-13-9-18(10-14-21)8-7-17-5-3-2-4-6-17/h9-17H,2-8H2,1H3. The second-order valence-electron chi connectivity index (χ2n) is 6.80. The summed E-state index contributed by atoms with van der Waals surface area (Å²) in [5, 5.41) is 0. The van der Waals surface area contributed by atoms with Crippen molar-refractivity contribution < 1.29 is 14.3 Å². The van der Waals surface area contributed by atoms with Crippen molar-refractivity contribution in [2.45, 2.75) is 44.9 Å². The van der Waals surface area contributed by atoms with Crippen LogP contribution in [0.25, 0.3) is 0 Å². The van der Waals surface area contributed by atoms with Gasteiger partial charge in [0.2, 0.25) is 0 Å². The summed E-state index contributed by atoms with van der Waals surface area (Å²) in [6.07, 6.45) is 9.35. The Balaban J connectivity index is 1.51. The Labute approximate surface area is 150 Å². The molecule has 0 bridgehead atoms. The Morgan fingerprint density at radius 1 is 0.920 bits per heavy atom. The summed E-state index contributed by atoms with van der Waals surface area (Å²) in [7, 11) is 1.60. The highest BCUT2D eigenvalue weighted by atomic mass is 16.5. The maximum atomic E-state index is 12.2. The van der Waals surface area contributed by atoms with E-state index in [2.05, 4.69) is 12.1 Å². The topological polar surface area (TPSA) is 35.5 Å². The van der Waals surface area contributed by atoms with Crippen LogP contribution in [-0.2, 0) is 6.42 Å². The van der Waals surface area contributed by atoms with Gasteiger partial charge in [-0.2, -0.15) is 0 Å². The van der Waals surface area contributed by atoms with E-state index in [9.17, 15) is 4.79 Å². The van der Waals surface area contributed by atoms with E-state index in [-0.39, 0.29) is 5.97 Å². The Kier molecular flexibility index (Phi) is 6.10. The van der Waals surface area contributed by atoms with E-state index >= 15 is 0 Å². The fourth-order valence-electron chi connectivity index (χ4n) is 3.46. The van der Waals surface area contributed by atoms with Gasteiger partial charge in [0.05, 0.1) is 12.7 Å². The van der Waals surface area contributed by atoms with E-state index in [1.807, 2.05) is 12.1 Å². The lowest BCUT2D eigenvalue weighted by Crippen LogP contribution is -2.08. The molecule has 1 fully saturated rings. The van der Waals surface area contributed by atoms with Crippen LogP contribution >= 0.6 is 0 Å². The summed E-state index contributed by atoms with van der Waals surface area (Å²) in [5.41, 5.74) is 1.83. The van der Waals surface area contributed by atoms with Crippen molar-refractivity contribution in [3.8, 4) is 11.5 Å². The molecule has 0 atom stereocenters. The summed E-state index contributed by atoms with van der Waals surface area (Å²) in [4.78, 5) is 12.2. The van der Waals surface area contributed by atoms with Crippen molar-refractivity contribution in [3.05, 3.63) is 59.7 Å². The minimum absolute atomic E-state index is 0.349. The molecule has 0 aromatic heterocycles. The molecule has 1 aliphatic rings. The Bertz CT molecular complexity index is 667. The zero-order chi connectivity index (χ0) is 17.5. The van der Waals surface area contributed by atoms with Crippen molar-refractivity contribution in [2.24, 2.45) is 5.92 Å². The number of methoxy groups -OCH3 is 1. The maximum Gasteiger partial charge on any atom is 0.343 e. The lowest BCUT2D eigenvalue weighted by molar-refractivity contribution is 0.0734. The molecular weight excluding hydrogens is 312 g/mol. The van der Waals surface area contributed by atoms with E-state index in [1.54, 1.807) is 31.4 Å². The lowest BCUT2D eigenvalue weighted by Gasteiger charge is -2.21. The van der Waals surface area contributed by atoms with Crippen molar-refractivity contribution >= 4 is 5.97 Å². The molecule has 1 saturated carbocycles. The molecule has 2 aromatic rings. The van der Waals surface area contributed by atoms with E-state index in [1.165, 1.54) is 44.1 Å². The van der Waals surface area contributed by atoms with Crippen molar-refractivity contribution in [1.29, 1.82) is 0 Å². The van der Waals surface area contributed by atoms with E-state index in [4.69, 9.17) is 9.47 Å². The van der Waals surface area contributed by atoms with Crippen LogP contribution in [0.15, 0.2) is 48.5 Å². The predicted molar refractivity (Wildman–Crippen MR) is 99.3 cm³/mol. The minimum Gasteiger partial charge on any atom is -0.497 e. The summed E-state index contributed by atoms with van der Waals surface area (Å²) in [6.45, 7) is 0. The largest absolute Gasteiger partial charge is 0.497 e. The number of hydrogen-bond acceptors (Lipinski definition) is 3. The zero-order valence-corrected chi connectivity index (χ0v) is 14.9. The van der Waals surface area contributed by atoms with Crippen LogP contribution < -0.4 is 9.47 Å². The van der Waals surface area contributed by atoms with Gasteiger partial charge in [-0.1, -0.05) is 44.2 Å². The maximum absolute atomic E-state index is 12.2. The lowest BCUT2D eigenvalue weighted by atomic mass is 9.85. The first kappa shape index (κ1) is 17.5. The monoisotopic (exact) mass is 338 g/mol. The fraction of sp³-hybridized carbons (Fsp3) is 0.409. The Hall–Kier alpha value is -2.29. The first-order chi connectivity index (χ1) is 12.2. The van der Waals surface area contributed by atoms with Crippen molar-refractivity contribution in [1.82, 2.24) is 0 Å². The highest BCUT2D eigenvalue weighted by molar-refractivity contribution is 5.91. The van der Waals surface area contributed by atoms with Gasteiger partial charge in [-0.15, -0.1) is 0 Å². The molecule has 2 aromatic carbocycles. The number of carbonyl (C=O) groups excluding carboxylic acids is 1. The fourth-order valence-corrected chi connectivity index (χ4v) is 3.46. The van der Waals surface area contributed by atoms with Crippen LogP contribution in [0, 0.1) is 5.92 Å². The van der Waals surface area contributed by atoms with Gasteiger partial charge in [-0.05, 0) is 60.7 Å². The number of rotatable bonds is 6. The van der Waals surface area contributed by atoms with E-state index < -0.39 is 0 Å². The molecule has 0 N–H and O–H groups in total. The number of ether oxygens (including phenoxy) is 2. The second-order valence-corrected chi connectivity index (χ2v) is 6.80. The van der Waals surface area contributed by atoms with Gasteiger partial charge in [0, 0.05) is 0 Å². The highest BCUT2D eigenvalue weighted by Gasteiger charge is 2.13. The second kappa shape index (κ2) is 8.70. The van der Waals surface area contributed by atoms with E-state index in [0.717, 1.165) is 18.1 Å². The molecule has 0 radical (unpaired) electrons. The molecule has 0 heterocycles. The number of benzene rings is 2. The quantitative estimate of drug-likeness (QED) is 0.520. The first-order valence-corrected chi connectivity index (χ1v) is 9.20. The van der Waals surface area contributed by atoms with Crippen LogP contribution in [0.4, 0.5) is 0 Å². The van der Waals surface area contributed by atoms with Crippen LogP contribution in [0.2, 0.25) is 0 Å². The summed E-state index contributed by atoms with van der Waals surface area (Å²) >= 11 is 0. The summed E-state index contributed by atoms with van der Waals surface area (Å²) in [6, 6.07) is 14.8. The molecule has 0 amide bonds. The molecule has 1 aliphatic carbocycles. The Morgan fingerprint density at radius 2 is 1.56 bits per heavy atom. The molecule has 0 unspecified atom stereocenters. The van der Waals surface area contributed by atoms with Gasteiger partial charge in [0.1, 0.15) is 11.5 Å². The molecule has 3 rings (SSSR count). The van der Waals surface area contributed by atoms with Crippen LogP contribution in [-0.4, -0.2) is 13.1 Å². The zero-order valence-electron chi connectivity index (χ0n) is 14.9. The predicted octanol–water partition coefficient (Wildman–Crippen LogP) is 5.43. The normalized spacial score (nSPS) is 14.9. The molecular formula is C22H26O3. The number of esters is 1.